The lowest BCUT2D eigenvalue weighted by Gasteiger charge is -2.32. The Bertz CT molecular complexity index is 1100. The van der Waals surface area contributed by atoms with Crippen LogP contribution in [0.4, 0.5) is 0 Å². The number of hydrogen-bond donors (Lipinski definition) is 0. The number of benzene rings is 3. The van der Waals surface area contributed by atoms with Gasteiger partial charge in [0.05, 0.1) is 5.41 Å². The van der Waals surface area contributed by atoms with E-state index in [1.165, 1.54) is 55.7 Å². The quantitative estimate of drug-likeness (QED) is 0.445. The first kappa shape index (κ1) is 16.3. The summed E-state index contributed by atoms with van der Waals surface area (Å²) in [6.07, 6.45) is 4.52. The predicted molar refractivity (Wildman–Crippen MR) is 115 cm³/mol. The Labute approximate surface area is 161 Å². The number of aryl methyl sites for hydroxylation is 2. The summed E-state index contributed by atoms with van der Waals surface area (Å²) in [6.45, 7) is 8.82. The fourth-order valence-corrected chi connectivity index (χ4v) is 5.26. The molecule has 132 valence electrons. The van der Waals surface area contributed by atoms with Crippen LogP contribution >= 0.6 is 0 Å². The average molecular weight is 348 g/mol. The normalized spacial score (nSPS) is 16.1. The van der Waals surface area contributed by atoms with E-state index in [0.717, 1.165) is 0 Å². The van der Waals surface area contributed by atoms with Crippen LogP contribution in [0, 0.1) is 13.8 Å². The van der Waals surface area contributed by atoms with E-state index in [2.05, 4.69) is 101 Å². The van der Waals surface area contributed by atoms with E-state index in [9.17, 15) is 0 Å². The number of hydrogen-bond acceptors (Lipinski definition) is 0. The van der Waals surface area contributed by atoms with Crippen molar-refractivity contribution in [1.82, 2.24) is 0 Å². The first-order valence-corrected chi connectivity index (χ1v) is 9.75. The molecule has 0 heteroatoms. The fourth-order valence-electron chi connectivity index (χ4n) is 5.26. The van der Waals surface area contributed by atoms with Crippen LogP contribution in [0.1, 0.15) is 47.2 Å². The van der Waals surface area contributed by atoms with Gasteiger partial charge in [-0.1, -0.05) is 83.9 Å². The summed E-state index contributed by atoms with van der Waals surface area (Å²) in [7, 11) is 0. The Hall–Kier alpha value is -2.86. The lowest BCUT2D eigenvalue weighted by Crippen LogP contribution is -2.27. The zero-order valence-corrected chi connectivity index (χ0v) is 16.4. The molecule has 0 saturated carbocycles. The number of rotatable bonds is 1. The molecule has 1 spiro atoms. The van der Waals surface area contributed by atoms with Crippen molar-refractivity contribution < 1.29 is 0 Å². The van der Waals surface area contributed by atoms with Crippen molar-refractivity contribution in [3.8, 4) is 11.1 Å². The molecule has 0 amide bonds. The maximum atomic E-state index is 2.41. The lowest BCUT2D eigenvalue weighted by atomic mass is 9.69. The van der Waals surface area contributed by atoms with Gasteiger partial charge in [-0.05, 0) is 72.2 Å². The average Bonchev–Trinajstić information content (AvgIpc) is 3.08. The SMILES string of the molecule is C/C=C\C1=C(C)c2ccccc2C12c1cc(C)ccc1-c1ccc(C)cc12. The molecule has 0 atom stereocenters. The first-order valence-electron chi connectivity index (χ1n) is 9.75. The molecule has 0 nitrogen and oxygen atoms in total. The van der Waals surface area contributed by atoms with Crippen molar-refractivity contribution in [2.45, 2.75) is 33.1 Å². The van der Waals surface area contributed by atoms with Gasteiger partial charge in [-0.3, -0.25) is 0 Å². The van der Waals surface area contributed by atoms with E-state index >= 15 is 0 Å². The van der Waals surface area contributed by atoms with E-state index in [4.69, 9.17) is 0 Å². The summed E-state index contributed by atoms with van der Waals surface area (Å²) in [4.78, 5) is 0. The molecular formula is C27H24. The Balaban J connectivity index is 2.02. The molecule has 0 unspecified atom stereocenters. The lowest BCUT2D eigenvalue weighted by molar-refractivity contribution is 0.783. The van der Waals surface area contributed by atoms with Crippen molar-refractivity contribution in [3.63, 3.8) is 0 Å². The highest BCUT2D eigenvalue weighted by atomic mass is 14.5. The van der Waals surface area contributed by atoms with Gasteiger partial charge in [0.2, 0.25) is 0 Å². The van der Waals surface area contributed by atoms with Crippen LogP contribution < -0.4 is 0 Å². The van der Waals surface area contributed by atoms with Crippen LogP contribution in [-0.2, 0) is 5.41 Å². The molecule has 0 bridgehead atoms. The van der Waals surface area contributed by atoms with Gasteiger partial charge < -0.3 is 0 Å². The first-order chi connectivity index (χ1) is 13.1. The van der Waals surface area contributed by atoms with Crippen LogP contribution in [-0.4, -0.2) is 0 Å². The molecule has 0 N–H and O–H groups in total. The Morgan fingerprint density at radius 1 is 0.667 bits per heavy atom. The van der Waals surface area contributed by atoms with Crippen LogP contribution in [0.25, 0.3) is 16.7 Å². The molecule has 0 aromatic heterocycles. The predicted octanol–water partition coefficient (Wildman–Crippen LogP) is 6.98. The largest absolute Gasteiger partial charge is 0.0873 e. The van der Waals surface area contributed by atoms with Crippen LogP contribution in [0.3, 0.4) is 0 Å². The maximum Gasteiger partial charge on any atom is 0.0722 e. The second-order valence-corrected chi connectivity index (χ2v) is 7.93. The van der Waals surface area contributed by atoms with Crippen molar-refractivity contribution in [2.75, 3.05) is 0 Å². The molecule has 0 aliphatic heterocycles. The van der Waals surface area contributed by atoms with Gasteiger partial charge in [0, 0.05) is 0 Å². The molecule has 0 fully saturated rings. The van der Waals surface area contributed by atoms with E-state index in [-0.39, 0.29) is 5.41 Å². The van der Waals surface area contributed by atoms with E-state index in [1.807, 2.05) is 0 Å². The van der Waals surface area contributed by atoms with Crippen LogP contribution in [0.2, 0.25) is 0 Å². The van der Waals surface area contributed by atoms with Gasteiger partial charge in [-0.25, -0.2) is 0 Å². The summed E-state index contributed by atoms with van der Waals surface area (Å²) in [5.74, 6) is 0. The summed E-state index contributed by atoms with van der Waals surface area (Å²) in [5.41, 5.74) is 13.7. The molecule has 2 aliphatic carbocycles. The Morgan fingerprint density at radius 3 is 1.85 bits per heavy atom. The van der Waals surface area contributed by atoms with Crippen molar-refractivity contribution in [3.05, 3.63) is 112 Å². The number of allylic oxidation sites excluding steroid dienone is 4. The Morgan fingerprint density at radius 2 is 1.26 bits per heavy atom. The van der Waals surface area contributed by atoms with Crippen molar-refractivity contribution in [1.29, 1.82) is 0 Å². The third kappa shape index (κ3) is 1.93. The molecule has 0 radical (unpaired) electrons. The highest BCUT2D eigenvalue weighted by molar-refractivity contribution is 5.95. The van der Waals surface area contributed by atoms with E-state index in [0.29, 0.717) is 0 Å². The standard InChI is InChI=1S/C27H24/c1-5-8-23-19(4)20-9-6-7-10-24(20)27(23)25-15-17(2)11-13-21(25)22-14-12-18(3)16-26(22)27/h5-16H,1-4H3/b8-5-. The molecule has 5 rings (SSSR count). The topological polar surface area (TPSA) is 0 Å². The third-order valence-corrected chi connectivity index (χ3v) is 6.32. The zero-order chi connectivity index (χ0) is 18.8. The van der Waals surface area contributed by atoms with Crippen molar-refractivity contribution in [2.24, 2.45) is 0 Å². The highest BCUT2D eigenvalue weighted by Gasteiger charge is 2.51. The minimum absolute atomic E-state index is 0.199. The van der Waals surface area contributed by atoms with Gasteiger partial charge in [-0.15, -0.1) is 0 Å². The van der Waals surface area contributed by atoms with Crippen LogP contribution in [0.15, 0.2) is 78.4 Å². The third-order valence-electron chi connectivity index (χ3n) is 6.32. The molecular weight excluding hydrogens is 324 g/mol. The van der Waals surface area contributed by atoms with Gasteiger partial charge >= 0.3 is 0 Å². The summed E-state index contributed by atoms with van der Waals surface area (Å²) in [5, 5.41) is 0. The molecule has 3 aromatic carbocycles. The van der Waals surface area contributed by atoms with Gasteiger partial charge in [0.25, 0.3) is 0 Å². The molecule has 27 heavy (non-hydrogen) atoms. The fraction of sp³-hybridized carbons (Fsp3) is 0.185. The van der Waals surface area contributed by atoms with E-state index in [1.54, 1.807) is 0 Å². The second-order valence-electron chi connectivity index (χ2n) is 7.93. The molecule has 0 saturated heterocycles. The smallest absolute Gasteiger partial charge is 0.0722 e. The molecule has 3 aromatic rings. The molecule has 2 aliphatic rings. The minimum atomic E-state index is -0.199. The Kier molecular flexibility index (Phi) is 3.37. The zero-order valence-electron chi connectivity index (χ0n) is 16.4. The monoisotopic (exact) mass is 348 g/mol. The highest BCUT2D eigenvalue weighted by Crippen LogP contribution is 2.62. The number of fused-ring (bicyclic) bond motifs is 7. The van der Waals surface area contributed by atoms with Crippen LogP contribution in [0.5, 0.6) is 0 Å². The maximum absolute atomic E-state index is 2.41. The van der Waals surface area contributed by atoms with Gasteiger partial charge in [-0.2, -0.15) is 0 Å². The summed E-state index contributed by atoms with van der Waals surface area (Å²) >= 11 is 0. The van der Waals surface area contributed by atoms with E-state index < -0.39 is 0 Å². The van der Waals surface area contributed by atoms with Gasteiger partial charge in [0.1, 0.15) is 0 Å². The van der Waals surface area contributed by atoms with Crippen molar-refractivity contribution >= 4 is 5.57 Å². The summed E-state index contributed by atoms with van der Waals surface area (Å²) < 4.78 is 0. The van der Waals surface area contributed by atoms with Gasteiger partial charge in [0.15, 0.2) is 0 Å². The second kappa shape index (κ2) is 5.57. The summed E-state index contributed by atoms with van der Waals surface area (Å²) in [6, 6.07) is 22.9. The molecule has 0 heterocycles. The minimum Gasteiger partial charge on any atom is -0.0873 e.